The maximum absolute atomic E-state index is 4.50. The molecule has 0 amide bonds. The number of hydrogen-bond acceptors (Lipinski definition) is 2. The number of fused-ring (bicyclic) bond motifs is 1. The molecule has 0 saturated carbocycles. The van der Waals surface area contributed by atoms with Crippen molar-refractivity contribution in [3.63, 3.8) is 0 Å². The molecule has 146 valence electrons. The number of benzene rings is 1. The molecule has 1 aromatic carbocycles. The Morgan fingerprint density at radius 1 is 0.893 bits per heavy atom. The standard InChI is InChI=1S/C24H31N3Si/c1-17(2)28(18(3)4,19(5)6)14-11-22-16-21-15-20(7)9-10-23(21)27(22)24-25-12-8-13-26-24/h8-10,12-13,15-19H,1-7H3. The van der Waals surface area contributed by atoms with Crippen molar-refractivity contribution in [3.05, 3.63) is 54.0 Å². The van der Waals surface area contributed by atoms with Crippen molar-refractivity contribution in [2.75, 3.05) is 0 Å². The van der Waals surface area contributed by atoms with Crippen LogP contribution in [-0.4, -0.2) is 22.6 Å². The highest BCUT2D eigenvalue weighted by atomic mass is 28.3. The lowest BCUT2D eigenvalue weighted by Gasteiger charge is -2.38. The first-order valence-corrected chi connectivity index (χ1v) is 12.4. The van der Waals surface area contributed by atoms with Crippen molar-refractivity contribution in [1.29, 1.82) is 0 Å². The van der Waals surface area contributed by atoms with E-state index in [2.05, 4.69) is 98.7 Å². The van der Waals surface area contributed by atoms with Crippen LogP contribution in [0.15, 0.2) is 42.7 Å². The molecule has 0 atom stereocenters. The van der Waals surface area contributed by atoms with Crippen LogP contribution in [0, 0.1) is 18.4 Å². The summed E-state index contributed by atoms with van der Waals surface area (Å²) in [6, 6.07) is 10.5. The second-order valence-corrected chi connectivity index (χ2v) is 14.2. The van der Waals surface area contributed by atoms with Gasteiger partial charge in [-0.15, -0.1) is 5.54 Å². The van der Waals surface area contributed by atoms with Crippen LogP contribution < -0.4 is 0 Å². The lowest BCUT2D eigenvalue weighted by atomic mass is 10.2. The molecular weight excluding hydrogens is 358 g/mol. The van der Waals surface area contributed by atoms with Crippen molar-refractivity contribution in [2.24, 2.45) is 0 Å². The molecule has 4 heteroatoms. The predicted molar refractivity (Wildman–Crippen MR) is 122 cm³/mol. The van der Waals surface area contributed by atoms with Crippen LogP contribution in [0.5, 0.6) is 0 Å². The molecule has 0 aliphatic heterocycles. The van der Waals surface area contributed by atoms with Crippen LogP contribution >= 0.6 is 0 Å². The van der Waals surface area contributed by atoms with E-state index in [-0.39, 0.29) is 0 Å². The molecule has 28 heavy (non-hydrogen) atoms. The summed E-state index contributed by atoms with van der Waals surface area (Å²) < 4.78 is 2.10. The van der Waals surface area contributed by atoms with E-state index >= 15 is 0 Å². The zero-order valence-corrected chi connectivity index (χ0v) is 19.1. The van der Waals surface area contributed by atoms with E-state index in [1.54, 1.807) is 12.4 Å². The van der Waals surface area contributed by atoms with Crippen molar-refractivity contribution in [2.45, 2.75) is 65.1 Å². The summed E-state index contributed by atoms with van der Waals surface area (Å²) in [6.45, 7) is 16.2. The van der Waals surface area contributed by atoms with E-state index < -0.39 is 8.07 Å². The monoisotopic (exact) mass is 389 g/mol. The topological polar surface area (TPSA) is 30.7 Å². The Morgan fingerprint density at radius 3 is 2.07 bits per heavy atom. The Morgan fingerprint density at radius 2 is 1.50 bits per heavy atom. The molecule has 0 radical (unpaired) electrons. The average Bonchev–Trinajstić information content (AvgIpc) is 2.99. The molecule has 0 saturated heterocycles. The maximum Gasteiger partial charge on any atom is 0.235 e. The fraction of sp³-hybridized carbons (Fsp3) is 0.417. The first kappa shape index (κ1) is 20.4. The van der Waals surface area contributed by atoms with Gasteiger partial charge in [-0.3, -0.25) is 4.57 Å². The minimum absolute atomic E-state index is 0.605. The number of aromatic nitrogens is 3. The lowest BCUT2D eigenvalue weighted by molar-refractivity contribution is 0.838. The molecular formula is C24H31N3Si. The van der Waals surface area contributed by atoms with E-state index in [0.717, 1.165) is 11.2 Å². The Balaban J connectivity index is 2.26. The van der Waals surface area contributed by atoms with Crippen LogP contribution in [0.4, 0.5) is 0 Å². The molecule has 3 nitrogen and oxygen atoms in total. The van der Waals surface area contributed by atoms with Crippen molar-refractivity contribution < 1.29 is 0 Å². The summed E-state index contributed by atoms with van der Waals surface area (Å²) in [7, 11) is -1.81. The second kappa shape index (κ2) is 7.93. The minimum atomic E-state index is -1.81. The summed E-state index contributed by atoms with van der Waals surface area (Å²) >= 11 is 0. The average molecular weight is 390 g/mol. The van der Waals surface area contributed by atoms with Crippen molar-refractivity contribution in [3.8, 4) is 17.4 Å². The van der Waals surface area contributed by atoms with E-state index in [0.29, 0.717) is 22.6 Å². The van der Waals surface area contributed by atoms with E-state index in [9.17, 15) is 0 Å². The fourth-order valence-electron chi connectivity index (χ4n) is 4.65. The smallest absolute Gasteiger partial charge is 0.235 e. The number of rotatable bonds is 4. The molecule has 0 spiro atoms. The summed E-state index contributed by atoms with van der Waals surface area (Å²) in [5.41, 5.74) is 8.99. The molecule has 0 aliphatic carbocycles. The third-order valence-corrected chi connectivity index (χ3v) is 12.3. The van der Waals surface area contributed by atoms with Crippen LogP contribution in [0.1, 0.15) is 52.8 Å². The highest BCUT2D eigenvalue weighted by Crippen LogP contribution is 2.40. The first-order chi connectivity index (χ1) is 13.3. The zero-order chi connectivity index (χ0) is 20.5. The molecule has 2 aromatic heterocycles. The Hall–Kier alpha value is -2.38. The quantitative estimate of drug-likeness (QED) is 0.387. The van der Waals surface area contributed by atoms with Crippen LogP contribution in [0.3, 0.4) is 0 Å². The summed E-state index contributed by atoms with van der Waals surface area (Å²) in [5, 5.41) is 1.18. The van der Waals surface area contributed by atoms with Gasteiger partial charge >= 0.3 is 0 Å². The van der Waals surface area contributed by atoms with Crippen LogP contribution in [0.25, 0.3) is 16.9 Å². The first-order valence-electron chi connectivity index (χ1n) is 10.2. The second-order valence-electron chi connectivity index (χ2n) is 8.62. The van der Waals surface area contributed by atoms with E-state index in [1.807, 2.05) is 6.07 Å². The number of aryl methyl sites for hydroxylation is 1. The fourth-order valence-corrected chi connectivity index (χ4v) is 9.86. The van der Waals surface area contributed by atoms with E-state index in [4.69, 9.17) is 0 Å². The summed E-state index contributed by atoms with van der Waals surface area (Å²) in [4.78, 5) is 9.00. The van der Waals surface area contributed by atoms with Crippen LogP contribution in [0.2, 0.25) is 16.6 Å². The Bertz CT molecular complexity index is 999. The molecule has 0 N–H and O–H groups in total. The molecule has 3 aromatic rings. The molecule has 0 bridgehead atoms. The highest BCUT2D eigenvalue weighted by molar-refractivity contribution is 6.90. The van der Waals surface area contributed by atoms with Gasteiger partial charge in [0.15, 0.2) is 0 Å². The lowest BCUT2D eigenvalue weighted by Crippen LogP contribution is -2.43. The highest BCUT2D eigenvalue weighted by Gasteiger charge is 2.41. The maximum atomic E-state index is 4.50. The molecule has 2 heterocycles. The van der Waals surface area contributed by atoms with Gasteiger partial charge in [-0.05, 0) is 47.8 Å². The molecule has 0 unspecified atom stereocenters. The van der Waals surface area contributed by atoms with Gasteiger partial charge in [0, 0.05) is 17.8 Å². The van der Waals surface area contributed by atoms with Gasteiger partial charge < -0.3 is 0 Å². The zero-order valence-electron chi connectivity index (χ0n) is 18.1. The van der Waals surface area contributed by atoms with Crippen molar-refractivity contribution >= 4 is 19.0 Å². The van der Waals surface area contributed by atoms with Gasteiger partial charge in [-0.25, -0.2) is 9.97 Å². The molecule has 3 rings (SSSR count). The number of hydrogen-bond donors (Lipinski definition) is 0. The third-order valence-electron chi connectivity index (χ3n) is 5.98. The molecule has 0 fully saturated rings. The van der Waals surface area contributed by atoms with Gasteiger partial charge in [-0.1, -0.05) is 59.1 Å². The van der Waals surface area contributed by atoms with E-state index in [1.165, 1.54) is 10.9 Å². The normalized spacial score (nSPS) is 12.1. The SMILES string of the molecule is Cc1ccc2c(c1)cc(C#C[Si](C(C)C)(C(C)C)C(C)C)n2-c1ncccn1. The molecule has 0 aliphatic rings. The van der Waals surface area contributed by atoms with Gasteiger partial charge in [0.25, 0.3) is 0 Å². The third kappa shape index (κ3) is 3.52. The minimum Gasteiger partial charge on any atom is -0.271 e. The van der Waals surface area contributed by atoms with Crippen molar-refractivity contribution in [1.82, 2.24) is 14.5 Å². The summed E-state index contributed by atoms with van der Waals surface area (Å²) in [5.74, 6) is 4.28. The van der Waals surface area contributed by atoms with Gasteiger partial charge in [-0.2, -0.15) is 0 Å². The van der Waals surface area contributed by atoms with Gasteiger partial charge in [0.05, 0.1) is 11.2 Å². The Kier molecular flexibility index (Phi) is 5.76. The van der Waals surface area contributed by atoms with Gasteiger partial charge in [0.1, 0.15) is 8.07 Å². The number of nitrogens with zero attached hydrogens (tertiary/aromatic N) is 3. The van der Waals surface area contributed by atoms with Gasteiger partial charge in [0.2, 0.25) is 5.95 Å². The largest absolute Gasteiger partial charge is 0.271 e. The Labute approximate surface area is 170 Å². The van der Waals surface area contributed by atoms with Crippen LogP contribution in [-0.2, 0) is 0 Å². The summed E-state index contributed by atoms with van der Waals surface area (Å²) in [6.07, 6.45) is 3.57. The predicted octanol–water partition coefficient (Wildman–Crippen LogP) is 6.30.